The zero-order valence-electron chi connectivity index (χ0n) is 11.4. The minimum atomic E-state index is -0.773. The Labute approximate surface area is 113 Å². The second kappa shape index (κ2) is 5.55. The van der Waals surface area contributed by atoms with Crippen LogP contribution in [0.25, 0.3) is 0 Å². The van der Waals surface area contributed by atoms with Gasteiger partial charge in [0.05, 0.1) is 5.92 Å². The molecule has 0 spiro atoms. The fraction of sp³-hybridized carbons (Fsp3) is 0.500. The Morgan fingerprint density at radius 3 is 2.16 bits per heavy atom. The molecule has 0 aliphatic heterocycles. The molecular weight excluding hydrogens is 240 g/mol. The molecule has 2 rings (SSSR count). The zero-order chi connectivity index (χ0) is 14.0. The molecule has 1 saturated carbocycles. The first-order valence-electron chi connectivity index (χ1n) is 6.86. The second-order valence-electron chi connectivity index (χ2n) is 5.69. The summed E-state index contributed by atoms with van der Waals surface area (Å²) in [7, 11) is 0. The van der Waals surface area contributed by atoms with Crippen LogP contribution in [-0.4, -0.2) is 16.9 Å². The summed E-state index contributed by atoms with van der Waals surface area (Å²) in [5.74, 6) is -0.688. The summed E-state index contributed by atoms with van der Waals surface area (Å²) in [6, 6.07) is 7.71. The highest BCUT2D eigenvalue weighted by Crippen LogP contribution is 2.33. The maximum atomic E-state index is 12.3. The van der Waals surface area contributed by atoms with E-state index in [1.54, 1.807) is 0 Å². The first-order chi connectivity index (χ1) is 8.99. The van der Waals surface area contributed by atoms with Crippen molar-refractivity contribution in [1.29, 1.82) is 0 Å². The quantitative estimate of drug-likeness (QED) is 0.843. The van der Waals surface area contributed by atoms with Crippen LogP contribution in [0, 0.1) is 11.8 Å². The summed E-state index contributed by atoms with van der Waals surface area (Å²) >= 11 is 0. The highest BCUT2D eigenvalue weighted by Gasteiger charge is 2.34. The maximum Gasteiger partial charge on any atom is 0.306 e. The molecule has 3 nitrogen and oxygen atoms in total. The van der Waals surface area contributed by atoms with Gasteiger partial charge in [-0.3, -0.25) is 9.59 Å². The van der Waals surface area contributed by atoms with Crippen LogP contribution >= 0.6 is 0 Å². The van der Waals surface area contributed by atoms with E-state index < -0.39 is 5.97 Å². The fourth-order valence-electron chi connectivity index (χ4n) is 2.71. The summed E-state index contributed by atoms with van der Waals surface area (Å²) in [5.41, 5.74) is 1.92. The molecule has 2 atom stereocenters. The van der Waals surface area contributed by atoms with Gasteiger partial charge in [0.25, 0.3) is 0 Å². The molecule has 1 aliphatic carbocycles. The first-order valence-corrected chi connectivity index (χ1v) is 6.86. The average Bonchev–Trinajstić information content (AvgIpc) is 2.87. The van der Waals surface area contributed by atoms with Crippen molar-refractivity contribution in [3.63, 3.8) is 0 Å². The molecule has 1 aliphatic rings. The van der Waals surface area contributed by atoms with E-state index in [9.17, 15) is 9.59 Å². The van der Waals surface area contributed by atoms with Gasteiger partial charge in [-0.1, -0.05) is 38.1 Å². The van der Waals surface area contributed by atoms with E-state index in [2.05, 4.69) is 13.8 Å². The summed E-state index contributed by atoms with van der Waals surface area (Å²) in [6.45, 7) is 4.23. The Balaban J connectivity index is 2.06. The van der Waals surface area contributed by atoms with E-state index in [0.29, 0.717) is 30.7 Å². The predicted octanol–water partition coefficient (Wildman–Crippen LogP) is 3.49. The number of aliphatic carboxylic acids is 1. The predicted molar refractivity (Wildman–Crippen MR) is 73.3 cm³/mol. The largest absolute Gasteiger partial charge is 0.481 e. The fourth-order valence-corrected chi connectivity index (χ4v) is 2.71. The molecule has 0 radical (unpaired) electrons. The lowest BCUT2D eigenvalue weighted by Crippen LogP contribution is -2.14. The van der Waals surface area contributed by atoms with Crippen LogP contribution in [0.2, 0.25) is 0 Å². The summed E-state index contributed by atoms with van der Waals surface area (Å²) in [5, 5.41) is 8.97. The van der Waals surface area contributed by atoms with Crippen molar-refractivity contribution in [2.45, 2.75) is 39.0 Å². The van der Waals surface area contributed by atoms with Gasteiger partial charge in [-0.25, -0.2) is 0 Å². The van der Waals surface area contributed by atoms with E-state index >= 15 is 0 Å². The SMILES string of the molecule is CC(C)c1ccc(C(=O)C2CCC(C(=O)O)C2)cc1. The van der Waals surface area contributed by atoms with Crippen LogP contribution in [0.1, 0.15) is 54.9 Å². The van der Waals surface area contributed by atoms with Crippen molar-refractivity contribution in [3.8, 4) is 0 Å². The van der Waals surface area contributed by atoms with Gasteiger partial charge in [-0.15, -0.1) is 0 Å². The molecule has 19 heavy (non-hydrogen) atoms. The van der Waals surface area contributed by atoms with E-state index in [0.717, 1.165) is 0 Å². The molecule has 102 valence electrons. The molecule has 1 aromatic carbocycles. The van der Waals surface area contributed by atoms with E-state index in [4.69, 9.17) is 5.11 Å². The van der Waals surface area contributed by atoms with Crippen LogP contribution in [-0.2, 0) is 4.79 Å². The summed E-state index contributed by atoms with van der Waals surface area (Å²) in [4.78, 5) is 23.2. The molecule has 0 aromatic heterocycles. The minimum absolute atomic E-state index is 0.0963. The van der Waals surface area contributed by atoms with Crippen molar-refractivity contribution >= 4 is 11.8 Å². The number of hydrogen-bond donors (Lipinski definition) is 1. The topological polar surface area (TPSA) is 54.4 Å². The molecule has 1 aromatic rings. The van der Waals surface area contributed by atoms with Crippen molar-refractivity contribution in [3.05, 3.63) is 35.4 Å². The highest BCUT2D eigenvalue weighted by atomic mass is 16.4. The maximum absolute atomic E-state index is 12.3. The Kier molecular flexibility index (Phi) is 4.03. The van der Waals surface area contributed by atoms with Crippen molar-refractivity contribution in [1.82, 2.24) is 0 Å². The van der Waals surface area contributed by atoms with Gasteiger partial charge in [0, 0.05) is 11.5 Å². The smallest absolute Gasteiger partial charge is 0.306 e. The number of benzene rings is 1. The third-order valence-corrected chi connectivity index (χ3v) is 4.01. The molecular formula is C16H20O3. The molecule has 3 heteroatoms. The van der Waals surface area contributed by atoms with Crippen molar-refractivity contribution < 1.29 is 14.7 Å². The third kappa shape index (κ3) is 3.03. The van der Waals surface area contributed by atoms with Crippen LogP contribution in [0.3, 0.4) is 0 Å². The number of carbonyl (C=O) groups excluding carboxylic acids is 1. The normalized spacial score (nSPS) is 22.7. The van der Waals surface area contributed by atoms with Gasteiger partial charge in [-0.2, -0.15) is 0 Å². The van der Waals surface area contributed by atoms with E-state index in [1.807, 2.05) is 24.3 Å². The van der Waals surface area contributed by atoms with E-state index in [1.165, 1.54) is 5.56 Å². The van der Waals surface area contributed by atoms with Crippen LogP contribution in [0.15, 0.2) is 24.3 Å². The molecule has 0 heterocycles. The Bertz CT molecular complexity index is 473. The molecule has 2 unspecified atom stereocenters. The first kappa shape index (κ1) is 13.8. The number of rotatable bonds is 4. The third-order valence-electron chi connectivity index (χ3n) is 4.01. The molecule has 0 bridgehead atoms. The molecule has 1 fully saturated rings. The number of ketones is 1. The van der Waals surface area contributed by atoms with Crippen molar-refractivity contribution in [2.24, 2.45) is 11.8 Å². The molecule has 0 amide bonds. The lowest BCUT2D eigenvalue weighted by Gasteiger charge is -2.10. The summed E-state index contributed by atoms with van der Waals surface area (Å²) in [6.07, 6.45) is 1.80. The monoisotopic (exact) mass is 260 g/mol. The van der Waals surface area contributed by atoms with Gasteiger partial charge >= 0.3 is 5.97 Å². The van der Waals surface area contributed by atoms with E-state index in [-0.39, 0.29) is 17.6 Å². The second-order valence-corrected chi connectivity index (χ2v) is 5.69. The Hall–Kier alpha value is -1.64. The van der Waals surface area contributed by atoms with Gasteiger partial charge in [0.15, 0.2) is 5.78 Å². The van der Waals surface area contributed by atoms with Crippen molar-refractivity contribution in [2.75, 3.05) is 0 Å². The Morgan fingerprint density at radius 2 is 1.68 bits per heavy atom. The number of carbonyl (C=O) groups is 2. The lowest BCUT2D eigenvalue weighted by molar-refractivity contribution is -0.141. The minimum Gasteiger partial charge on any atom is -0.481 e. The average molecular weight is 260 g/mol. The Morgan fingerprint density at radius 1 is 1.11 bits per heavy atom. The lowest BCUT2D eigenvalue weighted by atomic mass is 9.93. The number of Topliss-reactive ketones (excluding diaryl/α,β-unsaturated/α-hetero) is 1. The van der Waals surface area contributed by atoms with Gasteiger partial charge in [0.1, 0.15) is 0 Å². The van der Waals surface area contributed by atoms with Crippen LogP contribution in [0.4, 0.5) is 0 Å². The summed E-state index contributed by atoms with van der Waals surface area (Å²) < 4.78 is 0. The molecule has 1 N–H and O–H groups in total. The van der Waals surface area contributed by atoms with Gasteiger partial charge in [-0.05, 0) is 30.7 Å². The number of carboxylic acid groups (broad SMARTS) is 1. The number of carboxylic acids is 1. The number of hydrogen-bond acceptors (Lipinski definition) is 2. The van der Waals surface area contributed by atoms with Gasteiger partial charge in [0.2, 0.25) is 0 Å². The van der Waals surface area contributed by atoms with Gasteiger partial charge < -0.3 is 5.11 Å². The molecule has 0 saturated heterocycles. The van der Waals surface area contributed by atoms with Crippen LogP contribution in [0.5, 0.6) is 0 Å². The zero-order valence-corrected chi connectivity index (χ0v) is 11.4. The highest BCUT2D eigenvalue weighted by molar-refractivity contribution is 5.98. The van der Waals surface area contributed by atoms with Crippen LogP contribution < -0.4 is 0 Å². The standard InChI is InChI=1S/C16H20O3/c1-10(2)11-3-5-12(6-4-11)15(17)13-7-8-14(9-13)16(18)19/h3-6,10,13-14H,7-9H2,1-2H3,(H,18,19).